The number of likely N-dealkylation sites (tertiary alicyclic amines) is 1. The van der Waals surface area contributed by atoms with E-state index in [1.54, 1.807) is 11.1 Å². The first-order chi connectivity index (χ1) is 27.8. The van der Waals surface area contributed by atoms with Gasteiger partial charge in [-0.1, -0.05) is 79.7 Å². The van der Waals surface area contributed by atoms with Crippen LogP contribution in [-0.2, 0) is 23.7 Å². The van der Waals surface area contributed by atoms with Gasteiger partial charge in [-0.25, -0.2) is 0 Å². The van der Waals surface area contributed by atoms with Crippen LogP contribution in [0.3, 0.4) is 0 Å². The van der Waals surface area contributed by atoms with Gasteiger partial charge in [0.25, 0.3) is 0 Å². The van der Waals surface area contributed by atoms with Crippen molar-refractivity contribution in [3.8, 4) is 17.7 Å². The lowest BCUT2D eigenvalue weighted by Crippen LogP contribution is -2.73. The molecule has 7 nitrogen and oxygen atoms in total. The first kappa shape index (κ1) is 37.7. The minimum absolute atomic E-state index is 0.0105. The van der Waals surface area contributed by atoms with E-state index in [1.807, 2.05) is 0 Å². The van der Waals surface area contributed by atoms with Crippen LogP contribution in [0.25, 0.3) is 0 Å². The third-order valence-corrected chi connectivity index (χ3v) is 22.9. The van der Waals surface area contributed by atoms with Gasteiger partial charge in [-0.2, -0.15) is 5.26 Å². The maximum absolute atomic E-state index is 12.0. The van der Waals surface area contributed by atoms with E-state index in [4.69, 9.17) is 9.47 Å². The second-order valence-corrected chi connectivity index (χ2v) is 26.5. The van der Waals surface area contributed by atoms with Crippen LogP contribution in [0.5, 0.6) is 11.5 Å². The SMILES string of the molecule is Cc1ccc2c3c1OC1C4(C)CCC5(CC4C(C)(O)C(C)(C)C)[C@@H]4N(C#N)[C@]4(C2)C[C@]315.Cc1ccc2c3c1OC1C4(C)CCC5(CC4C(C)(O)C(C)(C)C)[C@@H]4N[C@]4(C2)C[C@]315. The topological polar surface area (TPSA) is 108 Å². The zero-order chi connectivity index (χ0) is 42.4. The maximum Gasteiger partial charge on any atom is 0.180 e. The van der Waals surface area contributed by atoms with Gasteiger partial charge in [-0.3, -0.25) is 4.90 Å². The van der Waals surface area contributed by atoms with Crippen LogP contribution in [-0.4, -0.2) is 61.7 Å². The molecular formula is C53H69N3O4. The smallest absolute Gasteiger partial charge is 0.180 e. The first-order valence-electron chi connectivity index (χ1n) is 23.8. The molecule has 14 aliphatic rings. The Hall–Kier alpha value is -2.79. The number of nitrogens with one attached hydrogen (secondary N) is 1. The highest BCUT2D eigenvalue weighted by atomic mass is 16.5. The maximum atomic E-state index is 12.0. The molecule has 16 rings (SSSR count). The quantitative estimate of drug-likeness (QED) is 0.206. The summed E-state index contributed by atoms with van der Waals surface area (Å²) in [6.07, 6.45) is 14.2. The van der Waals surface area contributed by atoms with E-state index in [0.717, 1.165) is 50.7 Å². The second-order valence-electron chi connectivity index (χ2n) is 26.5. The number of ether oxygens (including phenoxy) is 2. The molecule has 2 saturated heterocycles. The van der Waals surface area contributed by atoms with Crippen LogP contribution in [0.1, 0.15) is 154 Å². The van der Waals surface area contributed by atoms with Crippen molar-refractivity contribution >= 4 is 0 Å². The predicted molar refractivity (Wildman–Crippen MR) is 231 cm³/mol. The van der Waals surface area contributed by atoms with Gasteiger partial charge in [-0.15, -0.1) is 0 Å². The van der Waals surface area contributed by atoms with E-state index in [-0.39, 0.29) is 72.9 Å². The number of hydrogen-bond donors (Lipinski definition) is 3. The number of aryl methyl sites for hydroxylation is 2. The molecule has 6 spiro atoms. The Bertz CT molecular complexity index is 2440. The fraction of sp³-hybridized carbons (Fsp3) is 0.755. The Balaban J connectivity index is 0.000000124. The molecule has 4 heterocycles. The van der Waals surface area contributed by atoms with Gasteiger partial charge in [0, 0.05) is 55.2 Å². The molecule has 8 saturated carbocycles. The fourth-order valence-corrected chi connectivity index (χ4v) is 19.4. The third kappa shape index (κ3) is 3.41. The van der Waals surface area contributed by atoms with Gasteiger partial charge in [0.15, 0.2) is 6.19 Å². The van der Waals surface area contributed by atoms with E-state index in [2.05, 4.69) is 124 Å². The van der Waals surface area contributed by atoms with Crippen molar-refractivity contribution in [2.24, 2.45) is 44.3 Å². The van der Waals surface area contributed by atoms with Crippen molar-refractivity contribution < 1.29 is 19.7 Å². The summed E-state index contributed by atoms with van der Waals surface area (Å²) in [6.45, 7) is 26.6. The molecule has 60 heavy (non-hydrogen) atoms. The van der Waals surface area contributed by atoms with Crippen molar-refractivity contribution in [2.75, 3.05) is 0 Å². The summed E-state index contributed by atoms with van der Waals surface area (Å²) >= 11 is 0. The molecular weight excluding hydrogens is 743 g/mol. The second kappa shape index (κ2) is 9.80. The van der Waals surface area contributed by atoms with E-state index in [0.29, 0.717) is 17.6 Å². The summed E-state index contributed by atoms with van der Waals surface area (Å²) in [5, 5.41) is 38.1. The minimum atomic E-state index is -0.803. The van der Waals surface area contributed by atoms with Crippen molar-refractivity contribution in [1.29, 1.82) is 5.26 Å². The van der Waals surface area contributed by atoms with Gasteiger partial charge in [0.2, 0.25) is 0 Å². The molecule has 0 amide bonds. The van der Waals surface area contributed by atoms with E-state index in [1.165, 1.54) is 47.3 Å². The van der Waals surface area contributed by atoms with Gasteiger partial charge in [0.1, 0.15) is 23.7 Å². The van der Waals surface area contributed by atoms with Crippen molar-refractivity contribution in [2.45, 2.75) is 205 Å². The Labute approximate surface area is 358 Å². The van der Waals surface area contributed by atoms with Gasteiger partial charge >= 0.3 is 0 Å². The van der Waals surface area contributed by atoms with Crippen molar-refractivity contribution in [3.05, 3.63) is 57.6 Å². The summed E-state index contributed by atoms with van der Waals surface area (Å²) in [6, 6.07) is 10.1. The normalized spacial score (nSPS) is 50.5. The molecule has 320 valence electrons. The van der Waals surface area contributed by atoms with Gasteiger partial charge in [0.05, 0.1) is 22.8 Å². The molecule has 0 radical (unpaired) electrons. The lowest BCUT2D eigenvalue weighted by Gasteiger charge is -2.69. The van der Waals surface area contributed by atoms with Crippen LogP contribution >= 0.6 is 0 Å². The largest absolute Gasteiger partial charge is 0.488 e. The summed E-state index contributed by atoms with van der Waals surface area (Å²) in [7, 11) is 0. The average Bonchev–Trinajstić information content (AvgIpc) is 3.77. The molecule has 7 heteroatoms. The van der Waals surface area contributed by atoms with Crippen LogP contribution in [0.4, 0.5) is 0 Å². The Morgan fingerprint density at radius 1 is 0.700 bits per heavy atom. The molecule has 2 aromatic carbocycles. The first-order valence-corrected chi connectivity index (χ1v) is 23.8. The van der Waals surface area contributed by atoms with E-state index >= 15 is 0 Å². The van der Waals surface area contributed by atoms with E-state index in [9.17, 15) is 15.5 Å². The highest BCUT2D eigenvalue weighted by molar-refractivity contribution is 5.67. The Kier molecular flexibility index (Phi) is 6.16. The summed E-state index contributed by atoms with van der Waals surface area (Å²) in [5.74, 6) is 2.75. The van der Waals surface area contributed by atoms with Crippen LogP contribution < -0.4 is 14.8 Å². The summed E-state index contributed by atoms with van der Waals surface area (Å²) in [5.41, 5.74) is 7.33. The van der Waals surface area contributed by atoms with Crippen LogP contribution in [0.2, 0.25) is 0 Å². The third-order valence-electron chi connectivity index (χ3n) is 22.9. The highest BCUT2D eigenvalue weighted by Crippen LogP contribution is 2.87. The summed E-state index contributed by atoms with van der Waals surface area (Å²) in [4.78, 5) is 2.15. The number of aliphatic hydroxyl groups is 2. The molecule has 3 N–H and O–H groups in total. The lowest BCUT2D eigenvalue weighted by atomic mass is 9.35. The van der Waals surface area contributed by atoms with Crippen LogP contribution in [0.15, 0.2) is 24.3 Å². The molecule has 2 aromatic rings. The predicted octanol–water partition coefficient (Wildman–Crippen LogP) is 8.73. The van der Waals surface area contributed by atoms with Crippen LogP contribution in [0, 0.1) is 69.6 Å². The minimum Gasteiger partial charge on any atom is -0.488 e. The molecule has 4 aliphatic heterocycles. The highest BCUT2D eigenvalue weighted by Gasteiger charge is 2.93. The zero-order valence-corrected chi connectivity index (χ0v) is 38.4. The average molecular weight is 812 g/mol. The monoisotopic (exact) mass is 812 g/mol. The number of fused-ring (bicyclic) bond motifs is 4. The van der Waals surface area contributed by atoms with E-state index < -0.39 is 11.2 Å². The summed E-state index contributed by atoms with van der Waals surface area (Å²) < 4.78 is 14.1. The molecule has 10 unspecified atom stereocenters. The molecule has 10 aliphatic carbocycles. The van der Waals surface area contributed by atoms with Crippen molar-refractivity contribution in [3.63, 3.8) is 0 Å². The number of benzene rings is 2. The van der Waals surface area contributed by atoms with Gasteiger partial charge < -0.3 is 25.0 Å². The molecule has 16 atom stereocenters. The molecule has 10 fully saturated rings. The Morgan fingerprint density at radius 3 is 1.70 bits per heavy atom. The number of nitriles is 1. The lowest BCUT2D eigenvalue weighted by molar-refractivity contribution is -0.245. The number of rotatable bonds is 2. The standard InChI is InChI=1S/C27H34N2O2.C26H35NO2/c1-15-7-8-16-11-26-13-27-18(16)19(15)31-21(27)23(5)9-10-25(27,20(26)29(26)14-28)12-17(23)24(6,30)22(2,3)4;1-14-7-8-15-11-25-13-26-17(15)18(14)29-20(26)22(5)9-10-24(26,19(25)27-25)12-16(22)23(6,28)21(2,3)4/h7-8,17,20-21,30H,9-13H2,1-6H3;7-8,16,19-20,27-28H,9-13H2,1-6H3/t17?,20-,21?,23?,24?,25?,26+,27-,29?;16?,19-,20?,22?,23?,24?,25+,26-/m00/s1. The molecule has 0 aromatic heterocycles. The fourth-order valence-electron chi connectivity index (χ4n) is 19.4. The molecule has 8 bridgehead atoms. The van der Waals surface area contributed by atoms with Crippen molar-refractivity contribution in [1.82, 2.24) is 10.2 Å². The Morgan fingerprint density at radius 2 is 1.18 bits per heavy atom. The number of nitrogens with zero attached hydrogens (tertiary/aromatic N) is 2. The number of piperidine rings is 2. The number of hydrogen-bond acceptors (Lipinski definition) is 7. The zero-order valence-electron chi connectivity index (χ0n) is 38.4. The van der Waals surface area contributed by atoms with Gasteiger partial charge in [-0.05, 0) is 137 Å².